The van der Waals surface area contributed by atoms with Crippen LogP contribution in [0.3, 0.4) is 0 Å². The van der Waals surface area contributed by atoms with E-state index in [1.54, 1.807) is 0 Å². The van der Waals surface area contributed by atoms with Gasteiger partial charge in [0.05, 0.1) is 0 Å². The molecule has 0 bridgehead atoms. The van der Waals surface area contributed by atoms with Crippen molar-refractivity contribution in [1.82, 2.24) is 15.9 Å². The molecule has 2 aliphatic carbocycles. The molecule has 332 valence electrons. The third-order valence-corrected chi connectivity index (χ3v) is 17.7. The Morgan fingerprint density at radius 3 is 1.31 bits per heavy atom. The standard InChI is InChI=1S/C50H70B2N4O4Se2/c1-9-13-17-21-25-49(26-22-18-14-10-2)35-30-34-36(29-33(35)41-37(49)31-39(51(57)58)43-45(41)55-61-53-43)50(27-23-19-15-11-3,28-24-20-16-12-4)38-32-40(44-46(42(34)38)56-62-54-44)52-59-47(5,6)48(7,8)60-52/h29-32,57-58H,9-28H2,1-8H3. The van der Waals surface area contributed by atoms with Crippen molar-refractivity contribution in [2.24, 2.45) is 0 Å². The molecule has 0 atom stereocenters. The number of hydrogen-bond donors (Lipinski definition) is 2. The van der Waals surface area contributed by atoms with Crippen molar-refractivity contribution in [2.75, 3.05) is 0 Å². The number of unbranched alkanes of at least 4 members (excludes halogenated alkanes) is 12. The summed E-state index contributed by atoms with van der Waals surface area (Å²) < 4.78 is 34.3. The topological polar surface area (TPSA) is 110 Å². The van der Waals surface area contributed by atoms with Gasteiger partial charge in [0.15, 0.2) is 0 Å². The van der Waals surface area contributed by atoms with Crippen molar-refractivity contribution in [1.29, 1.82) is 0 Å². The van der Waals surface area contributed by atoms with Gasteiger partial charge in [-0.2, -0.15) is 0 Å². The first-order valence-corrected chi connectivity index (χ1v) is 27.5. The molecule has 0 radical (unpaired) electrons. The number of benzene rings is 3. The summed E-state index contributed by atoms with van der Waals surface area (Å²) in [5, 5.41) is 21.9. The average molecular weight is 971 g/mol. The van der Waals surface area contributed by atoms with Crippen LogP contribution in [0, 0.1) is 0 Å². The van der Waals surface area contributed by atoms with E-state index >= 15 is 0 Å². The Morgan fingerprint density at radius 1 is 0.500 bits per heavy atom. The van der Waals surface area contributed by atoms with E-state index in [9.17, 15) is 10.0 Å². The maximum atomic E-state index is 10.9. The van der Waals surface area contributed by atoms with Gasteiger partial charge in [-0.3, -0.25) is 0 Å². The van der Waals surface area contributed by atoms with Gasteiger partial charge in [0, 0.05) is 0 Å². The predicted molar refractivity (Wildman–Crippen MR) is 260 cm³/mol. The van der Waals surface area contributed by atoms with Crippen molar-refractivity contribution < 1.29 is 19.4 Å². The summed E-state index contributed by atoms with van der Waals surface area (Å²) in [4.78, 5) is 0. The Bertz CT molecular complexity index is 2330. The van der Waals surface area contributed by atoms with Crippen molar-refractivity contribution in [3.05, 3.63) is 46.5 Å². The van der Waals surface area contributed by atoms with E-state index in [2.05, 4.69) is 79.7 Å². The van der Waals surface area contributed by atoms with Gasteiger partial charge in [-0.15, -0.1) is 0 Å². The van der Waals surface area contributed by atoms with E-state index in [-0.39, 0.29) is 40.8 Å². The van der Waals surface area contributed by atoms with Gasteiger partial charge in [-0.05, 0) is 0 Å². The van der Waals surface area contributed by atoms with Crippen LogP contribution in [0.4, 0.5) is 0 Å². The number of nitrogens with zero attached hydrogens (tertiary/aromatic N) is 4. The summed E-state index contributed by atoms with van der Waals surface area (Å²) in [6, 6.07) is 9.86. The van der Waals surface area contributed by atoms with Crippen molar-refractivity contribution in [3.8, 4) is 22.3 Å². The molecular weight excluding hydrogens is 900 g/mol. The zero-order valence-corrected chi connectivity index (χ0v) is 42.3. The molecule has 2 aromatic heterocycles. The molecule has 0 unspecified atom stereocenters. The van der Waals surface area contributed by atoms with Gasteiger partial charge >= 0.3 is 387 Å². The van der Waals surface area contributed by atoms with E-state index in [4.69, 9.17) is 25.2 Å². The summed E-state index contributed by atoms with van der Waals surface area (Å²) in [6.45, 7) is 17.8. The van der Waals surface area contributed by atoms with Crippen LogP contribution >= 0.6 is 0 Å². The van der Waals surface area contributed by atoms with E-state index in [1.165, 1.54) is 122 Å². The summed E-state index contributed by atoms with van der Waals surface area (Å²) >= 11 is -0.588. The fourth-order valence-corrected chi connectivity index (χ4v) is 13.8. The molecule has 2 N–H and O–H groups in total. The first kappa shape index (κ1) is 46.4. The third kappa shape index (κ3) is 8.01. The van der Waals surface area contributed by atoms with E-state index in [0.29, 0.717) is 11.0 Å². The van der Waals surface area contributed by atoms with Crippen LogP contribution in [0.15, 0.2) is 24.3 Å². The molecule has 0 spiro atoms. The second-order valence-corrected chi connectivity index (χ2v) is 22.2. The van der Waals surface area contributed by atoms with E-state index < -0.39 is 25.4 Å². The molecule has 3 aromatic carbocycles. The zero-order chi connectivity index (χ0) is 43.9. The van der Waals surface area contributed by atoms with E-state index in [1.807, 2.05) is 0 Å². The van der Waals surface area contributed by atoms with Crippen LogP contribution in [-0.4, -0.2) is 81.3 Å². The van der Waals surface area contributed by atoms with Crippen molar-refractivity contribution in [2.45, 2.75) is 206 Å². The quantitative estimate of drug-likeness (QED) is 0.0522. The number of hydrogen-bond acceptors (Lipinski definition) is 8. The SMILES string of the molecule is CCCCCCC1(CCCCCC)c2cc3c(cc2-c2c1cc(B(O)O)c1n[se]nc21)C(CCCCCC)(CCCCCC)c1cc(B2OC(C)(C)C(C)(C)O2)c2n[se]nc2c1-3. The molecule has 12 heteroatoms. The van der Waals surface area contributed by atoms with Gasteiger partial charge in [0.1, 0.15) is 0 Å². The predicted octanol–water partition coefficient (Wildman–Crippen LogP) is 10.1. The average Bonchev–Trinajstić information content (AvgIpc) is 4.06. The van der Waals surface area contributed by atoms with Crippen LogP contribution in [0.2, 0.25) is 0 Å². The Kier molecular flexibility index (Phi) is 14.2. The van der Waals surface area contributed by atoms with Crippen molar-refractivity contribution >= 4 is 77.2 Å². The van der Waals surface area contributed by atoms with Gasteiger partial charge in [0.2, 0.25) is 0 Å². The minimum atomic E-state index is -1.60. The molecule has 1 aliphatic heterocycles. The molecule has 3 aliphatic rings. The Morgan fingerprint density at radius 2 is 0.887 bits per heavy atom. The number of rotatable bonds is 22. The second-order valence-electron chi connectivity index (χ2n) is 20.0. The molecule has 5 aromatic rings. The molecule has 0 amide bonds. The Hall–Kier alpha value is -2.13. The van der Waals surface area contributed by atoms with Gasteiger partial charge in [0.25, 0.3) is 0 Å². The molecular formula is C50H70B2N4O4Se2. The normalized spacial score (nSPS) is 17.5. The molecule has 0 saturated carbocycles. The van der Waals surface area contributed by atoms with Crippen LogP contribution < -0.4 is 10.9 Å². The second kappa shape index (κ2) is 19.0. The van der Waals surface area contributed by atoms with Crippen molar-refractivity contribution in [3.63, 3.8) is 0 Å². The first-order valence-electron chi connectivity index (χ1n) is 24.4. The summed E-state index contributed by atoms with van der Waals surface area (Å²) in [5.41, 5.74) is 14.2. The fraction of sp³-hybridized carbons (Fsp3) is 0.640. The molecule has 8 rings (SSSR count). The maximum absolute atomic E-state index is 10.9. The fourth-order valence-electron chi connectivity index (χ4n) is 11.4. The van der Waals surface area contributed by atoms with Crippen LogP contribution in [0.1, 0.15) is 206 Å². The zero-order valence-electron chi connectivity index (χ0n) is 38.9. The molecule has 8 nitrogen and oxygen atoms in total. The van der Waals surface area contributed by atoms with Gasteiger partial charge < -0.3 is 0 Å². The number of aromatic nitrogens is 4. The van der Waals surface area contributed by atoms with Gasteiger partial charge in [-0.1, -0.05) is 0 Å². The molecule has 62 heavy (non-hydrogen) atoms. The summed E-state index contributed by atoms with van der Waals surface area (Å²) in [5.74, 6) is 0. The van der Waals surface area contributed by atoms with Crippen LogP contribution in [0.5, 0.6) is 0 Å². The molecule has 3 heterocycles. The molecule has 1 saturated heterocycles. The van der Waals surface area contributed by atoms with Crippen LogP contribution in [0.25, 0.3) is 44.3 Å². The van der Waals surface area contributed by atoms with Crippen LogP contribution in [-0.2, 0) is 20.1 Å². The summed E-state index contributed by atoms with van der Waals surface area (Å²) in [7, 11) is -2.12. The molecule has 1 fully saturated rings. The minimum absolute atomic E-state index is 0.219. The number of fused-ring (bicyclic) bond motifs is 10. The van der Waals surface area contributed by atoms with E-state index in [0.717, 1.165) is 73.4 Å². The monoisotopic (exact) mass is 972 g/mol. The van der Waals surface area contributed by atoms with Gasteiger partial charge in [-0.25, -0.2) is 0 Å². The first-order chi connectivity index (χ1) is 29.9. The Labute approximate surface area is 384 Å². The Balaban J connectivity index is 1.43. The summed E-state index contributed by atoms with van der Waals surface area (Å²) in [6.07, 6.45) is 23.2. The third-order valence-electron chi connectivity index (χ3n) is 15.5.